The molecule has 2 aromatic heterocycles. The van der Waals surface area contributed by atoms with E-state index in [1.807, 2.05) is 24.3 Å². The van der Waals surface area contributed by atoms with Crippen LogP contribution in [0.5, 0.6) is 0 Å². The molecule has 8 heteroatoms. The largest absolute Gasteiger partial charge is 0.383 e. The highest BCUT2D eigenvalue weighted by molar-refractivity contribution is 7.19. The van der Waals surface area contributed by atoms with Gasteiger partial charge in [-0.15, -0.1) is 0 Å². The predicted octanol–water partition coefficient (Wildman–Crippen LogP) is 5.46. The molecular formula is C21H26ClN5OS. The lowest BCUT2D eigenvalue weighted by atomic mass is 9.99. The lowest BCUT2D eigenvalue weighted by Gasteiger charge is -2.12. The van der Waals surface area contributed by atoms with Gasteiger partial charge in [-0.05, 0) is 37.0 Å². The Morgan fingerprint density at radius 3 is 2.76 bits per heavy atom. The number of nitrogen functional groups attached to an aromatic ring is 1. The molecule has 0 aliphatic carbocycles. The van der Waals surface area contributed by atoms with Crippen molar-refractivity contribution in [2.75, 3.05) is 24.8 Å². The summed E-state index contributed by atoms with van der Waals surface area (Å²) in [5.74, 6) is 0.509. The van der Waals surface area contributed by atoms with Crippen LogP contribution >= 0.6 is 22.9 Å². The lowest BCUT2D eigenvalue weighted by Crippen LogP contribution is -2.20. The predicted molar refractivity (Wildman–Crippen MR) is 122 cm³/mol. The number of hydrogen-bond donors (Lipinski definition) is 2. The molecule has 0 radical (unpaired) electrons. The summed E-state index contributed by atoms with van der Waals surface area (Å²) >= 11 is 7.80. The first-order valence-corrected chi connectivity index (χ1v) is 10.8. The van der Waals surface area contributed by atoms with Crippen LogP contribution < -0.4 is 11.1 Å². The van der Waals surface area contributed by atoms with Crippen LogP contribution in [0.4, 0.5) is 11.1 Å². The summed E-state index contributed by atoms with van der Waals surface area (Å²) in [4.78, 5) is 14.7. The maximum Gasteiger partial charge on any atom is 0.220 e. The number of thiazole rings is 1. The number of aromatic nitrogens is 3. The summed E-state index contributed by atoms with van der Waals surface area (Å²) in [6.07, 6.45) is 2.72. The second-order valence-electron chi connectivity index (χ2n) is 7.04. The van der Waals surface area contributed by atoms with Crippen molar-refractivity contribution in [3.05, 3.63) is 41.2 Å². The lowest BCUT2D eigenvalue weighted by molar-refractivity contribution is 0.190. The van der Waals surface area contributed by atoms with Gasteiger partial charge in [0.05, 0.1) is 22.9 Å². The SMILES string of the molecule is CCC(C)c1nc(NC(C)COC)sc1-c1nc(N)ncc1-c1cccc(Cl)c1. The third-order valence-corrected chi connectivity index (χ3v) is 5.92. The summed E-state index contributed by atoms with van der Waals surface area (Å²) in [7, 11) is 1.69. The molecule has 1 aromatic carbocycles. The van der Waals surface area contributed by atoms with Crippen molar-refractivity contribution in [3.8, 4) is 21.7 Å². The first-order valence-electron chi connectivity index (χ1n) is 9.57. The Kier molecular flexibility index (Phi) is 7.05. The molecule has 154 valence electrons. The van der Waals surface area contributed by atoms with E-state index in [1.54, 1.807) is 24.6 Å². The van der Waals surface area contributed by atoms with Crippen molar-refractivity contribution >= 4 is 34.0 Å². The number of ether oxygens (including phenoxy) is 1. The van der Waals surface area contributed by atoms with Crippen molar-refractivity contribution in [2.24, 2.45) is 0 Å². The molecule has 0 amide bonds. The van der Waals surface area contributed by atoms with Crippen LogP contribution in [0.3, 0.4) is 0 Å². The zero-order valence-corrected chi connectivity index (χ0v) is 18.6. The Hall–Kier alpha value is -2.22. The van der Waals surface area contributed by atoms with Crippen molar-refractivity contribution in [1.29, 1.82) is 0 Å². The Morgan fingerprint density at radius 2 is 2.07 bits per heavy atom. The van der Waals surface area contributed by atoms with Gasteiger partial charge in [-0.2, -0.15) is 0 Å². The number of methoxy groups -OCH3 is 1. The third-order valence-electron chi connectivity index (χ3n) is 4.68. The topological polar surface area (TPSA) is 86.0 Å². The highest BCUT2D eigenvalue weighted by Crippen LogP contribution is 2.41. The fraction of sp³-hybridized carbons (Fsp3) is 0.381. The Balaban J connectivity index is 2.14. The molecule has 3 rings (SSSR count). The van der Waals surface area contributed by atoms with E-state index in [0.29, 0.717) is 11.6 Å². The maximum absolute atomic E-state index is 6.22. The first kappa shape index (κ1) is 21.5. The molecule has 3 aromatic rings. The Morgan fingerprint density at radius 1 is 1.28 bits per heavy atom. The van der Waals surface area contributed by atoms with Crippen molar-refractivity contribution in [2.45, 2.75) is 39.2 Å². The number of nitrogens with zero attached hydrogens (tertiary/aromatic N) is 3. The number of nitrogens with one attached hydrogen (secondary N) is 1. The van der Waals surface area contributed by atoms with Gasteiger partial charge >= 0.3 is 0 Å². The van der Waals surface area contributed by atoms with E-state index in [1.165, 1.54) is 0 Å². The summed E-state index contributed by atoms with van der Waals surface area (Å²) < 4.78 is 5.23. The molecule has 0 aliphatic rings. The quantitative estimate of drug-likeness (QED) is 0.492. The molecule has 0 spiro atoms. The van der Waals surface area contributed by atoms with Gasteiger partial charge < -0.3 is 15.8 Å². The molecular weight excluding hydrogens is 406 g/mol. The van der Waals surface area contributed by atoms with E-state index in [9.17, 15) is 0 Å². The van der Waals surface area contributed by atoms with Gasteiger partial charge in [-0.25, -0.2) is 15.0 Å². The van der Waals surface area contributed by atoms with Gasteiger partial charge in [-0.3, -0.25) is 0 Å². The molecule has 2 heterocycles. The second kappa shape index (κ2) is 9.52. The molecule has 0 bridgehead atoms. The highest BCUT2D eigenvalue weighted by atomic mass is 35.5. The van der Waals surface area contributed by atoms with Gasteiger partial charge in [0, 0.05) is 29.9 Å². The van der Waals surface area contributed by atoms with E-state index in [-0.39, 0.29) is 17.9 Å². The van der Waals surface area contributed by atoms with Crippen molar-refractivity contribution in [3.63, 3.8) is 0 Å². The van der Waals surface area contributed by atoms with Crippen molar-refractivity contribution < 1.29 is 4.74 Å². The van der Waals surface area contributed by atoms with Crippen LogP contribution in [0.15, 0.2) is 30.5 Å². The van der Waals surface area contributed by atoms with Crippen LogP contribution in [0, 0.1) is 0 Å². The van der Waals surface area contributed by atoms with E-state index in [4.69, 9.17) is 27.1 Å². The number of benzene rings is 1. The molecule has 29 heavy (non-hydrogen) atoms. The summed E-state index contributed by atoms with van der Waals surface area (Å²) in [6, 6.07) is 7.81. The van der Waals surface area contributed by atoms with E-state index in [0.717, 1.165) is 38.9 Å². The van der Waals surface area contributed by atoms with Crippen LogP contribution in [-0.2, 0) is 4.74 Å². The molecule has 6 nitrogen and oxygen atoms in total. The van der Waals surface area contributed by atoms with Crippen molar-refractivity contribution in [1.82, 2.24) is 15.0 Å². The van der Waals surface area contributed by atoms with Crippen LogP contribution in [0.25, 0.3) is 21.7 Å². The summed E-state index contributed by atoms with van der Waals surface area (Å²) in [6.45, 7) is 6.99. The van der Waals surface area contributed by atoms with Gasteiger partial charge in [0.2, 0.25) is 5.95 Å². The molecule has 2 atom stereocenters. The van der Waals surface area contributed by atoms with Gasteiger partial charge in [-0.1, -0.05) is 48.9 Å². The number of hydrogen-bond acceptors (Lipinski definition) is 7. The fourth-order valence-corrected chi connectivity index (χ4v) is 4.42. The highest BCUT2D eigenvalue weighted by Gasteiger charge is 2.23. The molecule has 0 saturated carbocycles. The number of halogens is 1. The Bertz CT molecular complexity index is 977. The number of rotatable bonds is 8. The molecule has 3 N–H and O–H groups in total. The summed E-state index contributed by atoms with van der Waals surface area (Å²) in [5, 5.41) is 4.92. The Labute approximate surface area is 180 Å². The standard InChI is InChI=1S/C21H26ClN5OS/c1-5-12(2)17-19(29-21(27-17)25-13(3)11-28-4)18-16(10-24-20(23)26-18)14-7-6-8-15(22)9-14/h6-10,12-13H,5,11H2,1-4H3,(H,25,27)(H2,23,24,26). The average molecular weight is 432 g/mol. The second-order valence-corrected chi connectivity index (χ2v) is 8.48. The van der Waals surface area contributed by atoms with Gasteiger partial charge in [0.1, 0.15) is 0 Å². The zero-order valence-electron chi connectivity index (χ0n) is 17.1. The maximum atomic E-state index is 6.22. The minimum Gasteiger partial charge on any atom is -0.383 e. The molecule has 0 fully saturated rings. The first-order chi connectivity index (χ1) is 13.9. The minimum absolute atomic E-state index is 0.145. The van der Waals surface area contributed by atoms with E-state index >= 15 is 0 Å². The van der Waals surface area contributed by atoms with Crippen LogP contribution in [0.2, 0.25) is 5.02 Å². The van der Waals surface area contributed by atoms with Crippen LogP contribution in [0.1, 0.15) is 38.8 Å². The average Bonchev–Trinajstić information content (AvgIpc) is 3.11. The molecule has 0 aliphatic heterocycles. The summed E-state index contributed by atoms with van der Waals surface area (Å²) in [5.41, 5.74) is 9.57. The molecule has 2 unspecified atom stereocenters. The number of nitrogens with two attached hydrogens (primary N) is 1. The normalized spacial score (nSPS) is 13.3. The third kappa shape index (κ3) is 5.04. The fourth-order valence-electron chi connectivity index (χ4n) is 3.03. The minimum atomic E-state index is 0.145. The molecule has 0 saturated heterocycles. The smallest absolute Gasteiger partial charge is 0.220 e. The van der Waals surface area contributed by atoms with Gasteiger partial charge in [0.15, 0.2) is 5.13 Å². The van der Waals surface area contributed by atoms with Gasteiger partial charge in [0.25, 0.3) is 0 Å². The van der Waals surface area contributed by atoms with E-state index in [2.05, 4.69) is 36.1 Å². The monoisotopic (exact) mass is 431 g/mol. The number of anilines is 2. The van der Waals surface area contributed by atoms with E-state index < -0.39 is 0 Å². The zero-order chi connectivity index (χ0) is 21.0. The van der Waals surface area contributed by atoms with Crippen LogP contribution in [-0.4, -0.2) is 34.7 Å².